The highest BCUT2D eigenvalue weighted by molar-refractivity contribution is 7.89. The van der Waals surface area contributed by atoms with Gasteiger partial charge in [-0.25, -0.2) is 8.42 Å². The van der Waals surface area contributed by atoms with Crippen LogP contribution in [0, 0.1) is 16.0 Å². The van der Waals surface area contributed by atoms with Crippen molar-refractivity contribution in [1.82, 2.24) is 9.62 Å². The quantitative estimate of drug-likeness (QED) is 0.615. The summed E-state index contributed by atoms with van der Waals surface area (Å²) in [5.74, 6) is 0.681. The van der Waals surface area contributed by atoms with Crippen LogP contribution in [0.15, 0.2) is 23.1 Å². The topological polar surface area (TPSA) is 102 Å². The molecule has 0 aromatic heterocycles. The summed E-state index contributed by atoms with van der Waals surface area (Å²) >= 11 is 0. The molecule has 0 atom stereocenters. The van der Waals surface area contributed by atoms with E-state index in [0.29, 0.717) is 19.0 Å². The van der Waals surface area contributed by atoms with E-state index in [1.807, 2.05) is 7.05 Å². The molecule has 1 N–H and O–H groups in total. The Morgan fingerprint density at radius 1 is 1.39 bits per heavy atom. The van der Waals surface area contributed by atoms with Crippen LogP contribution in [0.1, 0.15) is 12.8 Å². The zero-order chi connectivity index (χ0) is 17.0. The average molecular weight is 343 g/mol. The van der Waals surface area contributed by atoms with Gasteiger partial charge >= 0.3 is 0 Å². The van der Waals surface area contributed by atoms with Gasteiger partial charge in [0.15, 0.2) is 4.90 Å². The highest BCUT2D eigenvalue weighted by atomic mass is 32.2. The number of hydrogen-bond acceptors (Lipinski definition) is 6. The van der Waals surface area contributed by atoms with E-state index >= 15 is 0 Å². The highest BCUT2D eigenvalue weighted by Gasteiger charge is 2.34. The molecule has 1 aliphatic heterocycles. The van der Waals surface area contributed by atoms with Crippen LogP contribution >= 0.6 is 0 Å². The zero-order valence-corrected chi connectivity index (χ0v) is 14.0. The number of benzene rings is 1. The maximum absolute atomic E-state index is 12.7. The third-order valence-electron chi connectivity index (χ3n) is 4.05. The van der Waals surface area contributed by atoms with Crippen LogP contribution in [0.25, 0.3) is 0 Å². The minimum atomic E-state index is -3.89. The molecule has 0 saturated carbocycles. The van der Waals surface area contributed by atoms with Crippen molar-refractivity contribution in [2.24, 2.45) is 5.92 Å². The summed E-state index contributed by atoms with van der Waals surface area (Å²) in [5.41, 5.74) is -0.457. The predicted octanol–water partition coefficient (Wildman–Crippen LogP) is 1.22. The molecule has 1 aromatic rings. The van der Waals surface area contributed by atoms with Gasteiger partial charge in [0, 0.05) is 13.1 Å². The summed E-state index contributed by atoms with van der Waals surface area (Å²) in [6.07, 6.45) is 1.48. The molecule has 1 aromatic carbocycles. The fourth-order valence-corrected chi connectivity index (χ4v) is 4.37. The third kappa shape index (κ3) is 3.80. The molecule has 0 spiro atoms. The smallest absolute Gasteiger partial charge is 0.293 e. The van der Waals surface area contributed by atoms with E-state index in [1.54, 1.807) is 0 Å². The summed E-state index contributed by atoms with van der Waals surface area (Å²) in [6.45, 7) is 1.59. The lowest BCUT2D eigenvalue weighted by atomic mass is 9.98. The Morgan fingerprint density at radius 2 is 2.04 bits per heavy atom. The van der Waals surface area contributed by atoms with E-state index in [-0.39, 0.29) is 10.6 Å². The van der Waals surface area contributed by atoms with Crippen molar-refractivity contribution in [3.8, 4) is 5.75 Å². The van der Waals surface area contributed by atoms with Gasteiger partial charge in [-0.15, -0.1) is 0 Å². The Bertz CT molecular complexity index is 669. The molecule has 0 amide bonds. The van der Waals surface area contributed by atoms with E-state index in [4.69, 9.17) is 4.74 Å². The molecule has 128 valence electrons. The zero-order valence-electron chi connectivity index (χ0n) is 13.2. The van der Waals surface area contributed by atoms with Gasteiger partial charge in [0.2, 0.25) is 10.0 Å². The van der Waals surface area contributed by atoms with Crippen LogP contribution in [-0.2, 0) is 10.0 Å². The van der Waals surface area contributed by atoms with Gasteiger partial charge in [-0.1, -0.05) is 0 Å². The van der Waals surface area contributed by atoms with Crippen LogP contribution in [0.2, 0.25) is 0 Å². The number of piperidine rings is 1. The third-order valence-corrected chi connectivity index (χ3v) is 5.99. The molecule has 1 heterocycles. The van der Waals surface area contributed by atoms with Crippen LogP contribution in [0.5, 0.6) is 5.75 Å². The van der Waals surface area contributed by atoms with Gasteiger partial charge in [-0.3, -0.25) is 10.1 Å². The number of sulfonamides is 1. The van der Waals surface area contributed by atoms with Gasteiger partial charge in [0.1, 0.15) is 5.75 Å². The van der Waals surface area contributed by atoms with Gasteiger partial charge in [0.25, 0.3) is 5.69 Å². The largest absolute Gasteiger partial charge is 0.497 e. The van der Waals surface area contributed by atoms with Gasteiger partial charge in [0.05, 0.1) is 18.1 Å². The van der Waals surface area contributed by atoms with Crippen molar-refractivity contribution in [3.63, 3.8) is 0 Å². The summed E-state index contributed by atoms with van der Waals surface area (Å²) in [5, 5.41) is 14.3. The number of nitrogens with one attached hydrogen (secondary N) is 1. The summed E-state index contributed by atoms with van der Waals surface area (Å²) in [4.78, 5) is 10.2. The van der Waals surface area contributed by atoms with Gasteiger partial charge < -0.3 is 10.1 Å². The van der Waals surface area contributed by atoms with Crippen molar-refractivity contribution >= 4 is 15.7 Å². The second kappa shape index (κ2) is 7.24. The minimum Gasteiger partial charge on any atom is -0.497 e. The molecule has 2 rings (SSSR count). The Morgan fingerprint density at radius 3 is 2.57 bits per heavy atom. The average Bonchev–Trinajstić information content (AvgIpc) is 2.55. The Labute approximate surface area is 135 Å². The fraction of sp³-hybridized carbons (Fsp3) is 0.571. The van der Waals surface area contributed by atoms with Crippen molar-refractivity contribution < 1.29 is 18.1 Å². The van der Waals surface area contributed by atoms with Crippen molar-refractivity contribution in [2.45, 2.75) is 17.7 Å². The minimum absolute atomic E-state index is 0.253. The normalized spacial score (nSPS) is 17.1. The molecular formula is C14H21N3O5S. The van der Waals surface area contributed by atoms with E-state index < -0.39 is 20.6 Å². The van der Waals surface area contributed by atoms with Crippen molar-refractivity contribution in [1.29, 1.82) is 0 Å². The Hall–Kier alpha value is -1.71. The fourth-order valence-electron chi connectivity index (χ4n) is 2.77. The molecule has 8 nitrogen and oxygen atoms in total. The van der Waals surface area contributed by atoms with E-state index in [0.717, 1.165) is 25.5 Å². The first-order valence-corrected chi connectivity index (χ1v) is 8.81. The number of hydrogen-bond donors (Lipinski definition) is 1. The molecule has 23 heavy (non-hydrogen) atoms. The second-order valence-corrected chi connectivity index (χ2v) is 7.40. The predicted molar refractivity (Wildman–Crippen MR) is 85.1 cm³/mol. The molecule has 1 aliphatic rings. The summed E-state index contributed by atoms with van der Waals surface area (Å²) in [6, 6.07) is 3.81. The Balaban J connectivity index is 2.28. The molecule has 0 aliphatic carbocycles. The number of nitro benzene ring substituents is 1. The summed E-state index contributed by atoms with van der Waals surface area (Å²) in [7, 11) is -0.646. The monoisotopic (exact) mass is 343 g/mol. The maximum atomic E-state index is 12.7. The lowest BCUT2D eigenvalue weighted by molar-refractivity contribution is -0.387. The molecule has 1 fully saturated rings. The highest BCUT2D eigenvalue weighted by Crippen LogP contribution is 2.32. The molecule has 0 radical (unpaired) electrons. The van der Waals surface area contributed by atoms with E-state index in [2.05, 4.69) is 5.32 Å². The van der Waals surface area contributed by atoms with Crippen LogP contribution in [0.4, 0.5) is 5.69 Å². The first-order valence-electron chi connectivity index (χ1n) is 7.37. The summed E-state index contributed by atoms with van der Waals surface area (Å²) < 4.78 is 31.8. The van der Waals surface area contributed by atoms with Gasteiger partial charge in [-0.2, -0.15) is 4.31 Å². The van der Waals surface area contributed by atoms with Crippen molar-refractivity contribution in [2.75, 3.05) is 33.8 Å². The first-order chi connectivity index (χ1) is 10.9. The first kappa shape index (κ1) is 17.6. The lowest BCUT2D eigenvalue weighted by Gasteiger charge is -2.31. The second-order valence-electron chi connectivity index (χ2n) is 5.50. The van der Waals surface area contributed by atoms with Gasteiger partial charge in [-0.05, 0) is 44.5 Å². The lowest BCUT2D eigenvalue weighted by Crippen LogP contribution is -2.40. The SMILES string of the molecule is CNCC1CCN(S(=O)(=O)c2ccc(OC)cc2[N+](=O)[O-])CC1. The number of rotatable bonds is 6. The van der Waals surface area contributed by atoms with E-state index in [9.17, 15) is 18.5 Å². The number of methoxy groups -OCH3 is 1. The van der Waals surface area contributed by atoms with E-state index in [1.165, 1.54) is 23.5 Å². The standard InChI is InChI=1S/C14H21N3O5S/c1-15-10-11-5-7-16(8-6-11)23(20,21)14-4-3-12(22-2)9-13(14)17(18)19/h3-4,9,11,15H,5-8,10H2,1-2H3. The van der Waals surface area contributed by atoms with Crippen molar-refractivity contribution in [3.05, 3.63) is 28.3 Å². The Kier molecular flexibility index (Phi) is 5.55. The maximum Gasteiger partial charge on any atom is 0.293 e. The molecular weight excluding hydrogens is 322 g/mol. The number of ether oxygens (including phenoxy) is 1. The number of nitro groups is 1. The molecule has 0 bridgehead atoms. The molecule has 9 heteroatoms. The molecule has 0 unspecified atom stereocenters. The van der Waals surface area contributed by atoms with Crippen LogP contribution < -0.4 is 10.1 Å². The van der Waals surface area contributed by atoms with Crippen LogP contribution in [-0.4, -0.2) is 51.4 Å². The van der Waals surface area contributed by atoms with Crippen LogP contribution in [0.3, 0.4) is 0 Å². The molecule has 1 saturated heterocycles. The number of nitrogens with zero attached hydrogens (tertiary/aromatic N) is 2.